The van der Waals surface area contributed by atoms with Crippen molar-refractivity contribution in [2.24, 2.45) is 5.92 Å². The molecule has 1 aromatic carbocycles. The Balaban J connectivity index is 2.13. The zero-order valence-corrected chi connectivity index (χ0v) is 16.0. The SMILES string of the molecule is Cc1nn(CC(C)C)c(C)c1CC(=O)N(C)C(C)c1ccc(F)cc1. The minimum Gasteiger partial charge on any atom is -0.339 e. The number of hydrogen-bond acceptors (Lipinski definition) is 2. The average Bonchev–Trinajstić information content (AvgIpc) is 2.81. The lowest BCUT2D eigenvalue weighted by Crippen LogP contribution is -2.31. The summed E-state index contributed by atoms with van der Waals surface area (Å²) in [5.74, 6) is 0.267. The zero-order chi connectivity index (χ0) is 18.7. The van der Waals surface area contributed by atoms with E-state index >= 15 is 0 Å². The van der Waals surface area contributed by atoms with Crippen LogP contribution in [0, 0.1) is 25.6 Å². The molecule has 1 atom stereocenters. The van der Waals surface area contributed by atoms with Gasteiger partial charge in [-0.3, -0.25) is 9.48 Å². The molecule has 0 bridgehead atoms. The molecule has 0 aliphatic rings. The number of likely N-dealkylation sites (N-methyl/N-ethyl adjacent to an activating group) is 1. The summed E-state index contributed by atoms with van der Waals surface area (Å²) < 4.78 is 15.1. The van der Waals surface area contributed by atoms with Crippen molar-refractivity contribution < 1.29 is 9.18 Å². The van der Waals surface area contributed by atoms with Crippen LogP contribution in [0.15, 0.2) is 24.3 Å². The molecule has 2 rings (SSSR count). The molecule has 0 aliphatic heterocycles. The van der Waals surface area contributed by atoms with Crippen molar-refractivity contribution in [3.8, 4) is 0 Å². The van der Waals surface area contributed by atoms with Crippen LogP contribution in [0.5, 0.6) is 0 Å². The Morgan fingerprint density at radius 3 is 2.36 bits per heavy atom. The quantitative estimate of drug-likeness (QED) is 0.792. The van der Waals surface area contributed by atoms with E-state index in [9.17, 15) is 9.18 Å². The van der Waals surface area contributed by atoms with Gasteiger partial charge < -0.3 is 4.90 Å². The van der Waals surface area contributed by atoms with Crippen molar-refractivity contribution in [2.45, 2.75) is 53.6 Å². The van der Waals surface area contributed by atoms with Crippen LogP contribution >= 0.6 is 0 Å². The lowest BCUT2D eigenvalue weighted by molar-refractivity contribution is -0.131. The number of hydrogen-bond donors (Lipinski definition) is 0. The van der Waals surface area contributed by atoms with Gasteiger partial charge in [-0.1, -0.05) is 26.0 Å². The smallest absolute Gasteiger partial charge is 0.227 e. The van der Waals surface area contributed by atoms with Gasteiger partial charge in [0, 0.05) is 24.8 Å². The third-order valence-electron chi connectivity index (χ3n) is 4.72. The van der Waals surface area contributed by atoms with Crippen molar-refractivity contribution in [1.82, 2.24) is 14.7 Å². The normalized spacial score (nSPS) is 12.5. The van der Waals surface area contributed by atoms with Crippen LogP contribution in [-0.2, 0) is 17.8 Å². The predicted octanol–water partition coefficient (Wildman–Crippen LogP) is 4.06. The fourth-order valence-electron chi connectivity index (χ4n) is 2.97. The van der Waals surface area contributed by atoms with E-state index in [1.807, 2.05) is 25.5 Å². The molecule has 2 aromatic rings. The first-order chi connectivity index (χ1) is 11.7. The molecular weight excluding hydrogens is 317 g/mol. The molecule has 1 aromatic heterocycles. The highest BCUT2D eigenvalue weighted by Gasteiger charge is 2.21. The van der Waals surface area contributed by atoms with Gasteiger partial charge in [0.15, 0.2) is 0 Å². The maximum Gasteiger partial charge on any atom is 0.227 e. The summed E-state index contributed by atoms with van der Waals surface area (Å²) in [5, 5.41) is 4.58. The topological polar surface area (TPSA) is 38.1 Å². The minimum absolute atomic E-state index is 0.0344. The van der Waals surface area contributed by atoms with Crippen LogP contribution in [0.25, 0.3) is 0 Å². The summed E-state index contributed by atoms with van der Waals surface area (Å²) in [4.78, 5) is 14.5. The first kappa shape index (κ1) is 19.2. The van der Waals surface area contributed by atoms with E-state index in [4.69, 9.17) is 0 Å². The predicted molar refractivity (Wildman–Crippen MR) is 97.8 cm³/mol. The van der Waals surface area contributed by atoms with Crippen molar-refractivity contribution in [3.63, 3.8) is 0 Å². The van der Waals surface area contributed by atoms with Crippen molar-refractivity contribution in [3.05, 3.63) is 52.6 Å². The van der Waals surface area contributed by atoms with E-state index in [0.717, 1.165) is 29.1 Å². The zero-order valence-electron chi connectivity index (χ0n) is 16.0. The second-order valence-corrected chi connectivity index (χ2v) is 7.13. The molecule has 0 radical (unpaired) electrons. The first-order valence-corrected chi connectivity index (χ1v) is 8.74. The van der Waals surface area contributed by atoms with E-state index in [1.165, 1.54) is 12.1 Å². The van der Waals surface area contributed by atoms with Gasteiger partial charge in [-0.2, -0.15) is 5.10 Å². The van der Waals surface area contributed by atoms with Crippen LogP contribution in [-0.4, -0.2) is 27.6 Å². The van der Waals surface area contributed by atoms with Crippen LogP contribution < -0.4 is 0 Å². The highest BCUT2D eigenvalue weighted by Crippen LogP contribution is 2.22. The van der Waals surface area contributed by atoms with E-state index in [1.54, 1.807) is 24.1 Å². The van der Waals surface area contributed by atoms with Gasteiger partial charge in [-0.05, 0) is 44.4 Å². The average molecular weight is 345 g/mol. The van der Waals surface area contributed by atoms with Crippen molar-refractivity contribution >= 4 is 5.91 Å². The Hall–Kier alpha value is -2.17. The lowest BCUT2D eigenvalue weighted by Gasteiger charge is -2.25. The summed E-state index contributed by atoms with van der Waals surface area (Å²) >= 11 is 0. The summed E-state index contributed by atoms with van der Waals surface area (Å²) in [6, 6.07) is 6.18. The van der Waals surface area contributed by atoms with Crippen LogP contribution in [0.2, 0.25) is 0 Å². The molecule has 0 spiro atoms. The molecule has 25 heavy (non-hydrogen) atoms. The Labute approximate surface area is 149 Å². The summed E-state index contributed by atoms with van der Waals surface area (Å²) in [5.41, 5.74) is 3.89. The van der Waals surface area contributed by atoms with Gasteiger partial charge in [-0.25, -0.2) is 4.39 Å². The molecule has 1 heterocycles. The highest BCUT2D eigenvalue weighted by molar-refractivity contribution is 5.79. The summed E-state index contributed by atoms with van der Waals surface area (Å²) in [6.07, 6.45) is 0.331. The number of carbonyl (C=O) groups excluding carboxylic acids is 1. The molecule has 5 heteroatoms. The third-order valence-corrected chi connectivity index (χ3v) is 4.72. The molecule has 0 aliphatic carbocycles. The monoisotopic (exact) mass is 345 g/mol. The van der Waals surface area contributed by atoms with Crippen LogP contribution in [0.3, 0.4) is 0 Å². The van der Waals surface area contributed by atoms with Crippen molar-refractivity contribution in [2.75, 3.05) is 7.05 Å². The number of aryl methyl sites for hydroxylation is 1. The van der Waals surface area contributed by atoms with Crippen LogP contribution in [0.4, 0.5) is 4.39 Å². The highest BCUT2D eigenvalue weighted by atomic mass is 19.1. The fraction of sp³-hybridized carbons (Fsp3) is 0.500. The van der Waals surface area contributed by atoms with Gasteiger partial charge in [0.25, 0.3) is 0 Å². The second kappa shape index (κ2) is 7.81. The second-order valence-electron chi connectivity index (χ2n) is 7.13. The Morgan fingerprint density at radius 1 is 1.20 bits per heavy atom. The van der Waals surface area contributed by atoms with Gasteiger partial charge in [-0.15, -0.1) is 0 Å². The summed E-state index contributed by atoms with van der Waals surface area (Å²) in [7, 11) is 1.79. The maximum atomic E-state index is 13.1. The number of amides is 1. The molecule has 0 N–H and O–H groups in total. The first-order valence-electron chi connectivity index (χ1n) is 8.74. The Bertz CT molecular complexity index is 734. The number of halogens is 1. The van der Waals surface area contributed by atoms with Crippen LogP contribution in [0.1, 0.15) is 49.3 Å². The lowest BCUT2D eigenvalue weighted by atomic mass is 10.1. The van der Waals surface area contributed by atoms with E-state index in [-0.39, 0.29) is 17.8 Å². The number of carbonyl (C=O) groups is 1. The van der Waals surface area contributed by atoms with E-state index in [2.05, 4.69) is 18.9 Å². The standard InChI is InChI=1S/C20H28FN3O/c1-13(2)12-24-16(5)19(14(3)22-24)11-20(25)23(6)15(4)17-7-9-18(21)10-8-17/h7-10,13,15H,11-12H2,1-6H3. The van der Waals surface area contributed by atoms with E-state index in [0.29, 0.717) is 12.3 Å². The molecule has 0 saturated heterocycles. The molecular formula is C20H28FN3O. The number of rotatable bonds is 6. The molecule has 1 unspecified atom stereocenters. The van der Waals surface area contributed by atoms with Gasteiger partial charge in [0.1, 0.15) is 5.82 Å². The minimum atomic E-state index is -0.270. The number of nitrogens with zero attached hydrogens (tertiary/aromatic N) is 3. The van der Waals surface area contributed by atoms with Crippen molar-refractivity contribution in [1.29, 1.82) is 0 Å². The van der Waals surface area contributed by atoms with E-state index < -0.39 is 0 Å². The largest absolute Gasteiger partial charge is 0.339 e. The molecule has 0 fully saturated rings. The molecule has 4 nitrogen and oxygen atoms in total. The summed E-state index contributed by atoms with van der Waals surface area (Å²) in [6.45, 7) is 11.1. The Morgan fingerprint density at radius 2 is 1.80 bits per heavy atom. The van der Waals surface area contributed by atoms with Gasteiger partial charge in [0.05, 0.1) is 18.2 Å². The molecule has 1 amide bonds. The van der Waals surface area contributed by atoms with Gasteiger partial charge in [0.2, 0.25) is 5.91 Å². The fourth-order valence-corrected chi connectivity index (χ4v) is 2.97. The number of aromatic nitrogens is 2. The Kier molecular flexibility index (Phi) is 5.98. The maximum absolute atomic E-state index is 13.1. The number of benzene rings is 1. The molecule has 0 saturated carbocycles. The van der Waals surface area contributed by atoms with Gasteiger partial charge >= 0.3 is 0 Å². The third kappa shape index (κ3) is 4.47. The molecule has 136 valence electrons.